The van der Waals surface area contributed by atoms with Gasteiger partial charge in [0.05, 0.1) is 11.7 Å². The summed E-state index contributed by atoms with van der Waals surface area (Å²) >= 11 is 0. The highest BCUT2D eigenvalue weighted by Crippen LogP contribution is 2.16. The lowest BCUT2D eigenvalue weighted by atomic mass is 10.2. The number of amides is 2. The lowest BCUT2D eigenvalue weighted by Gasteiger charge is -2.24. The number of urea groups is 1. The third-order valence-corrected chi connectivity index (χ3v) is 2.92. The molecule has 0 saturated carbocycles. The van der Waals surface area contributed by atoms with Gasteiger partial charge in [-0.2, -0.15) is 0 Å². The van der Waals surface area contributed by atoms with E-state index in [2.05, 4.69) is 15.3 Å². The Kier molecular flexibility index (Phi) is 4.07. The van der Waals surface area contributed by atoms with Crippen LogP contribution in [0.2, 0.25) is 0 Å². The molecule has 19 heavy (non-hydrogen) atoms. The van der Waals surface area contributed by atoms with Gasteiger partial charge in [-0.3, -0.25) is 10.3 Å². The van der Waals surface area contributed by atoms with Crippen molar-refractivity contribution in [3.8, 4) is 0 Å². The molecule has 5 nitrogen and oxygen atoms in total. The molecule has 0 saturated heterocycles. The second-order valence-electron chi connectivity index (χ2n) is 4.19. The zero-order valence-electron chi connectivity index (χ0n) is 10.9. The van der Waals surface area contributed by atoms with Crippen LogP contribution in [0.5, 0.6) is 0 Å². The van der Waals surface area contributed by atoms with E-state index in [-0.39, 0.29) is 12.1 Å². The van der Waals surface area contributed by atoms with E-state index < -0.39 is 0 Å². The summed E-state index contributed by atoms with van der Waals surface area (Å²) in [5.74, 6) is 0.535. The minimum absolute atomic E-state index is 0.107. The average Bonchev–Trinajstić information content (AvgIpc) is 2.47. The molecule has 2 amide bonds. The highest BCUT2D eigenvalue weighted by Gasteiger charge is 2.18. The Morgan fingerprint density at radius 3 is 2.42 bits per heavy atom. The number of rotatable bonds is 3. The van der Waals surface area contributed by atoms with Gasteiger partial charge in [-0.25, -0.2) is 9.78 Å². The second kappa shape index (κ2) is 5.95. The first kappa shape index (κ1) is 13.0. The predicted octanol–water partition coefficient (Wildman–Crippen LogP) is 2.70. The van der Waals surface area contributed by atoms with Gasteiger partial charge >= 0.3 is 6.03 Å². The minimum atomic E-state index is -0.211. The molecule has 1 unspecified atom stereocenters. The first-order valence-electron chi connectivity index (χ1n) is 6.04. The van der Waals surface area contributed by atoms with Crippen LogP contribution >= 0.6 is 0 Å². The molecule has 2 heterocycles. The third-order valence-electron chi connectivity index (χ3n) is 2.92. The molecule has 0 aliphatic rings. The largest absolute Gasteiger partial charge is 0.323 e. The molecule has 5 heteroatoms. The Hall–Kier alpha value is -2.43. The van der Waals surface area contributed by atoms with Gasteiger partial charge in [-0.15, -0.1) is 0 Å². The Morgan fingerprint density at radius 1 is 1.16 bits per heavy atom. The predicted molar refractivity (Wildman–Crippen MR) is 73.7 cm³/mol. The normalized spacial score (nSPS) is 11.7. The number of anilines is 1. The van der Waals surface area contributed by atoms with Crippen LogP contribution in [-0.4, -0.2) is 27.9 Å². The van der Waals surface area contributed by atoms with Crippen molar-refractivity contribution < 1.29 is 4.79 Å². The standard InChI is InChI=1S/C14H16N4O/c1-11(12-7-3-5-9-15-12)18(2)14(19)17-13-8-4-6-10-16-13/h3-11H,1-2H3,(H,16,17,19). The van der Waals surface area contributed by atoms with E-state index in [0.717, 1.165) is 5.69 Å². The van der Waals surface area contributed by atoms with E-state index >= 15 is 0 Å². The summed E-state index contributed by atoms with van der Waals surface area (Å²) in [4.78, 5) is 22.0. The maximum atomic E-state index is 12.1. The molecule has 0 aliphatic carbocycles. The van der Waals surface area contributed by atoms with Gasteiger partial charge in [-0.05, 0) is 31.2 Å². The van der Waals surface area contributed by atoms with Gasteiger partial charge in [0.2, 0.25) is 0 Å². The van der Waals surface area contributed by atoms with E-state index in [9.17, 15) is 4.79 Å². The molecule has 0 aromatic carbocycles. The third kappa shape index (κ3) is 3.28. The summed E-state index contributed by atoms with van der Waals surface area (Å²) < 4.78 is 0. The van der Waals surface area contributed by atoms with Crippen molar-refractivity contribution in [1.29, 1.82) is 0 Å². The maximum Gasteiger partial charge on any atom is 0.323 e. The van der Waals surface area contributed by atoms with E-state index in [0.29, 0.717) is 5.82 Å². The Bertz CT molecular complexity index is 530. The molecule has 2 aromatic rings. The highest BCUT2D eigenvalue weighted by atomic mass is 16.2. The molecule has 0 spiro atoms. The summed E-state index contributed by atoms with van der Waals surface area (Å²) in [5, 5.41) is 2.74. The second-order valence-corrected chi connectivity index (χ2v) is 4.19. The number of hydrogen-bond donors (Lipinski definition) is 1. The van der Waals surface area contributed by atoms with Crippen LogP contribution < -0.4 is 5.32 Å². The van der Waals surface area contributed by atoms with Crippen molar-refractivity contribution in [1.82, 2.24) is 14.9 Å². The van der Waals surface area contributed by atoms with Crippen LogP contribution in [0, 0.1) is 0 Å². The summed E-state index contributed by atoms with van der Waals surface area (Å²) in [6.45, 7) is 1.93. The minimum Gasteiger partial charge on any atom is -0.319 e. The summed E-state index contributed by atoms with van der Waals surface area (Å²) in [6, 6.07) is 10.7. The number of pyridine rings is 2. The number of carbonyl (C=O) groups is 1. The van der Waals surface area contributed by atoms with Crippen molar-refractivity contribution in [2.45, 2.75) is 13.0 Å². The summed E-state index contributed by atoms with van der Waals surface area (Å²) in [5.41, 5.74) is 0.848. The van der Waals surface area contributed by atoms with Crippen LogP contribution in [0.15, 0.2) is 48.8 Å². The fraction of sp³-hybridized carbons (Fsp3) is 0.214. The smallest absolute Gasteiger partial charge is 0.319 e. The number of nitrogens with zero attached hydrogens (tertiary/aromatic N) is 3. The quantitative estimate of drug-likeness (QED) is 0.918. The maximum absolute atomic E-state index is 12.1. The van der Waals surface area contributed by atoms with E-state index in [1.807, 2.05) is 31.2 Å². The van der Waals surface area contributed by atoms with Crippen molar-refractivity contribution in [3.63, 3.8) is 0 Å². The molecular formula is C14H16N4O. The molecule has 2 rings (SSSR count). The van der Waals surface area contributed by atoms with Crippen LogP contribution in [0.1, 0.15) is 18.7 Å². The lowest BCUT2D eigenvalue weighted by Crippen LogP contribution is -2.34. The van der Waals surface area contributed by atoms with Gasteiger partial charge < -0.3 is 4.90 Å². The zero-order valence-corrected chi connectivity index (χ0v) is 10.9. The molecule has 0 radical (unpaired) electrons. The van der Waals surface area contributed by atoms with E-state index in [1.165, 1.54) is 0 Å². The number of carbonyl (C=O) groups excluding carboxylic acids is 1. The van der Waals surface area contributed by atoms with Crippen molar-refractivity contribution in [2.75, 3.05) is 12.4 Å². The van der Waals surface area contributed by atoms with Crippen molar-refractivity contribution >= 4 is 11.8 Å². The summed E-state index contributed by atoms with van der Waals surface area (Å²) in [7, 11) is 1.73. The van der Waals surface area contributed by atoms with Gasteiger partial charge in [0.1, 0.15) is 5.82 Å². The molecule has 1 atom stereocenters. The Morgan fingerprint density at radius 2 is 1.84 bits per heavy atom. The van der Waals surface area contributed by atoms with Gasteiger partial charge in [0.25, 0.3) is 0 Å². The topological polar surface area (TPSA) is 58.1 Å². The molecular weight excluding hydrogens is 240 g/mol. The fourth-order valence-corrected chi connectivity index (χ4v) is 1.63. The molecule has 2 aromatic heterocycles. The molecule has 0 aliphatic heterocycles. The molecule has 98 valence electrons. The fourth-order valence-electron chi connectivity index (χ4n) is 1.63. The number of hydrogen-bond acceptors (Lipinski definition) is 3. The lowest BCUT2D eigenvalue weighted by molar-refractivity contribution is 0.207. The van der Waals surface area contributed by atoms with Crippen LogP contribution in [-0.2, 0) is 0 Å². The van der Waals surface area contributed by atoms with Crippen LogP contribution in [0.4, 0.5) is 10.6 Å². The van der Waals surface area contributed by atoms with Gasteiger partial charge in [-0.1, -0.05) is 12.1 Å². The molecule has 1 N–H and O–H groups in total. The van der Waals surface area contributed by atoms with E-state index in [4.69, 9.17) is 0 Å². The number of nitrogens with one attached hydrogen (secondary N) is 1. The molecule has 0 fully saturated rings. The monoisotopic (exact) mass is 256 g/mol. The van der Waals surface area contributed by atoms with Gasteiger partial charge in [0, 0.05) is 19.4 Å². The van der Waals surface area contributed by atoms with Crippen molar-refractivity contribution in [2.24, 2.45) is 0 Å². The Labute approximate surface area is 112 Å². The van der Waals surface area contributed by atoms with Crippen LogP contribution in [0.3, 0.4) is 0 Å². The van der Waals surface area contributed by atoms with Gasteiger partial charge in [0.15, 0.2) is 0 Å². The van der Waals surface area contributed by atoms with E-state index in [1.54, 1.807) is 36.5 Å². The Balaban J connectivity index is 2.03. The SMILES string of the molecule is CC(c1ccccn1)N(C)C(=O)Nc1ccccn1. The first-order chi connectivity index (χ1) is 9.18. The molecule has 0 bridgehead atoms. The number of aromatic nitrogens is 2. The summed E-state index contributed by atoms with van der Waals surface area (Å²) in [6.07, 6.45) is 3.36. The zero-order chi connectivity index (χ0) is 13.7. The van der Waals surface area contributed by atoms with Crippen LogP contribution in [0.25, 0.3) is 0 Å². The first-order valence-corrected chi connectivity index (χ1v) is 6.04. The average molecular weight is 256 g/mol. The van der Waals surface area contributed by atoms with Crippen molar-refractivity contribution in [3.05, 3.63) is 54.5 Å². The highest BCUT2D eigenvalue weighted by molar-refractivity contribution is 5.88.